The van der Waals surface area contributed by atoms with Gasteiger partial charge in [0.05, 0.1) is 19.2 Å². The summed E-state index contributed by atoms with van der Waals surface area (Å²) in [6, 6.07) is 16.6. The molecule has 0 aliphatic carbocycles. The predicted molar refractivity (Wildman–Crippen MR) is 97.0 cm³/mol. The molecule has 3 aromatic rings. The van der Waals surface area contributed by atoms with Crippen molar-refractivity contribution in [2.75, 3.05) is 17.7 Å². The molecular formula is C19H17FN4O2. The van der Waals surface area contributed by atoms with E-state index in [1.165, 1.54) is 12.1 Å². The lowest BCUT2D eigenvalue weighted by Gasteiger charge is -2.10. The van der Waals surface area contributed by atoms with Gasteiger partial charge in [0.15, 0.2) is 11.6 Å². The van der Waals surface area contributed by atoms with E-state index in [4.69, 9.17) is 4.74 Å². The Kier molecular flexibility index (Phi) is 5.38. The third kappa shape index (κ3) is 4.54. The van der Waals surface area contributed by atoms with Crippen LogP contribution >= 0.6 is 0 Å². The lowest BCUT2D eigenvalue weighted by Crippen LogP contribution is -2.15. The summed E-state index contributed by atoms with van der Waals surface area (Å²) in [5, 5.41) is 13.8. The Morgan fingerprint density at radius 2 is 1.69 bits per heavy atom. The van der Waals surface area contributed by atoms with Crippen molar-refractivity contribution in [3.8, 4) is 5.75 Å². The maximum absolute atomic E-state index is 12.9. The molecule has 26 heavy (non-hydrogen) atoms. The van der Waals surface area contributed by atoms with Gasteiger partial charge >= 0.3 is 0 Å². The summed E-state index contributed by atoms with van der Waals surface area (Å²) >= 11 is 0. The van der Waals surface area contributed by atoms with E-state index in [-0.39, 0.29) is 18.1 Å². The molecule has 0 saturated carbocycles. The van der Waals surface area contributed by atoms with Gasteiger partial charge in [-0.2, -0.15) is 0 Å². The van der Waals surface area contributed by atoms with Crippen LogP contribution in [0.5, 0.6) is 5.75 Å². The molecule has 0 saturated heterocycles. The van der Waals surface area contributed by atoms with Crippen LogP contribution < -0.4 is 15.4 Å². The first-order valence-corrected chi connectivity index (χ1v) is 7.92. The molecule has 0 unspecified atom stereocenters. The molecule has 2 N–H and O–H groups in total. The van der Waals surface area contributed by atoms with Crippen LogP contribution in [0.4, 0.5) is 21.7 Å². The monoisotopic (exact) mass is 352 g/mol. The molecule has 0 atom stereocenters. The summed E-state index contributed by atoms with van der Waals surface area (Å²) in [6.45, 7) is 0. The fourth-order valence-electron chi connectivity index (χ4n) is 2.33. The van der Waals surface area contributed by atoms with E-state index >= 15 is 0 Å². The Morgan fingerprint density at radius 3 is 2.38 bits per heavy atom. The number of halogens is 1. The summed E-state index contributed by atoms with van der Waals surface area (Å²) in [6.07, 6.45) is 0.128. The molecule has 1 heterocycles. The molecule has 6 nitrogen and oxygen atoms in total. The average Bonchev–Trinajstić information content (AvgIpc) is 2.65. The minimum atomic E-state index is -0.335. The number of anilines is 3. The first-order valence-electron chi connectivity index (χ1n) is 7.92. The van der Waals surface area contributed by atoms with Gasteiger partial charge in [0.25, 0.3) is 0 Å². The number of ether oxygens (including phenoxy) is 1. The number of nitrogens with zero attached hydrogens (tertiary/aromatic N) is 2. The topological polar surface area (TPSA) is 76.1 Å². The molecule has 3 rings (SSSR count). The van der Waals surface area contributed by atoms with Crippen molar-refractivity contribution in [2.45, 2.75) is 6.42 Å². The summed E-state index contributed by atoms with van der Waals surface area (Å²) < 4.78 is 18.1. The second-order valence-electron chi connectivity index (χ2n) is 5.48. The lowest BCUT2D eigenvalue weighted by molar-refractivity contribution is -0.115. The van der Waals surface area contributed by atoms with Gasteiger partial charge < -0.3 is 15.4 Å². The summed E-state index contributed by atoms with van der Waals surface area (Å²) in [5.74, 6) is 0.953. The number of hydrogen-bond acceptors (Lipinski definition) is 5. The molecule has 2 aromatic carbocycles. The standard InChI is InChI=1S/C19H17FN4O2/c1-26-16-5-3-2-4-15(16)21-17-10-11-18(24-23-17)22-19(25)12-13-6-8-14(20)9-7-13/h2-11H,12H2,1H3,(H,21,23)(H,22,24,25). The third-order valence-corrected chi connectivity index (χ3v) is 3.58. The van der Waals surface area contributed by atoms with E-state index in [2.05, 4.69) is 20.8 Å². The molecule has 0 aliphatic heterocycles. The van der Waals surface area contributed by atoms with Gasteiger partial charge in [-0.25, -0.2) is 4.39 Å². The fourth-order valence-corrected chi connectivity index (χ4v) is 2.33. The van der Waals surface area contributed by atoms with Gasteiger partial charge in [-0.05, 0) is 42.0 Å². The van der Waals surface area contributed by atoms with Crippen molar-refractivity contribution < 1.29 is 13.9 Å². The number of methoxy groups -OCH3 is 1. The molecule has 1 aromatic heterocycles. The van der Waals surface area contributed by atoms with Crippen molar-refractivity contribution in [3.63, 3.8) is 0 Å². The number of rotatable bonds is 6. The van der Waals surface area contributed by atoms with Crippen LogP contribution in [-0.2, 0) is 11.2 Å². The quantitative estimate of drug-likeness (QED) is 0.709. The predicted octanol–water partition coefficient (Wildman–Crippen LogP) is 3.55. The summed E-state index contributed by atoms with van der Waals surface area (Å²) in [7, 11) is 1.59. The molecule has 0 radical (unpaired) electrons. The minimum Gasteiger partial charge on any atom is -0.495 e. The zero-order valence-corrected chi connectivity index (χ0v) is 14.1. The highest BCUT2D eigenvalue weighted by Crippen LogP contribution is 2.26. The number of carbonyl (C=O) groups is 1. The maximum atomic E-state index is 12.9. The third-order valence-electron chi connectivity index (χ3n) is 3.58. The van der Waals surface area contributed by atoms with Gasteiger partial charge in [-0.1, -0.05) is 24.3 Å². The van der Waals surface area contributed by atoms with E-state index in [0.717, 1.165) is 5.69 Å². The van der Waals surface area contributed by atoms with Crippen LogP contribution in [0.25, 0.3) is 0 Å². The fraction of sp³-hybridized carbons (Fsp3) is 0.105. The Bertz CT molecular complexity index is 883. The number of para-hydroxylation sites is 2. The Morgan fingerprint density at radius 1 is 1.00 bits per heavy atom. The van der Waals surface area contributed by atoms with E-state index in [0.29, 0.717) is 22.9 Å². The van der Waals surface area contributed by atoms with Crippen LogP contribution in [0.1, 0.15) is 5.56 Å². The highest BCUT2D eigenvalue weighted by atomic mass is 19.1. The van der Waals surface area contributed by atoms with Gasteiger partial charge in [0, 0.05) is 0 Å². The van der Waals surface area contributed by atoms with Crippen molar-refractivity contribution in [2.24, 2.45) is 0 Å². The van der Waals surface area contributed by atoms with Crippen molar-refractivity contribution >= 4 is 23.2 Å². The van der Waals surface area contributed by atoms with E-state index in [1.807, 2.05) is 24.3 Å². The number of nitrogens with one attached hydrogen (secondary N) is 2. The Balaban J connectivity index is 1.60. The second-order valence-corrected chi connectivity index (χ2v) is 5.48. The van der Waals surface area contributed by atoms with Crippen molar-refractivity contribution in [1.29, 1.82) is 0 Å². The largest absolute Gasteiger partial charge is 0.495 e. The molecular weight excluding hydrogens is 335 g/mol. The van der Waals surface area contributed by atoms with E-state index in [1.54, 1.807) is 31.4 Å². The zero-order valence-electron chi connectivity index (χ0n) is 14.1. The van der Waals surface area contributed by atoms with Crippen LogP contribution in [0.2, 0.25) is 0 Å². The molecule has 132 valence electrons. The van der Waals surface area contributed by atoms with Crippen LogP contribution in [-0.4, -0.2) is 23.2 Å². The van der Waals surface area contributed by atoms with E-state index in [9.17, 15) is 9.18 Å². The molecule has 7 heteroatoms. The highest BCUT2D eigenvalue weighted by Gasteiger charge is 2.07. The first kappa shape index (κ1) is 17.3. The number of hydrogen-bond donors (Lipinski definition) is 2. The van der Waals surface area contributed by atoms with Crippen molar-refractivity contribution in [1.82, 2.24) is 10.2 Å². The lowest BCUT2D eigenvalue weighted by atomic mass is 10.1. The molecule has 0 spiro atoms. The normalized spacial score (nSPS) is 10.2. The van der Waals surface area contributed by atoms with Crippen LogP contribution in [0.15, 0.2) is 60.7 Å². The number of benzene rings is 2. The first-order chi connectivity index (χ1) is 12.6. The molecule has 0 fully saturated rings. The number of carbonyl (C=O) groups excluding carboxylic acids is 1. The SMILES string of the molecule is COc1ccccc1Nc1ccc(NC(=O)Cc2ccc(F)cc2)nn1. The average molecular weight is 352 g/mol. The van der Waals surface area contributed by atoms with Crippen molar-refractivity contribution in [3.05, 3.63) is 72.0 Å². The Labute approximate surface area is 150 Å². The van der Waals surface area contributed by atoms with Crippen LogP contribution in [0.3, 0.4) is 0 Å². The Hall–Kier alpha value is -3.48. The molecule has 1 amide bonds. The molecule has 0 bridgehead atoms. The smallest absolute Gasteiger partial charge is 0.229 e. The van der Waals surface area contributed by atoms with E-state index < -0.39 is 0 Å². The van der Waals surface area contributed by atoms with Gasteiger partial charge in [0.2, 0.25) is 5.91 Å². The molecule has 0 aliphatic rings. The van der Waals surface area contributed by atoms with Gasteiger partial charge in [0.1, 0.15) is 11.6 Å². The van der Waals surface area contributed by atoms with Gasteiger partial charge in [-0.3, -0.25) is 4.79 Å². The number of amides is 1. The zero-order chi connectivity index (χ0) is 18.4. The summed E-state index contributed by atoms with van der Waals surface area (Å²) in [5.41, 5.74) is 1.48. The van der Waals surface area contributed by atoms with Crippen LogP contribution in [0, 0.1) is 5.82 Å². The summed E-state index contributed by atoms with van der Waals surface area (Å²) in [4.78, 5) is 12.0. The maximum Gasteiger partial charge on any atom is 0.229 e. The number of aromatic nitrogens is 2. The highest BCUT2D eigenvalue weighted by molar-refractivity contribution is 5.91. The van der Waals surface area contributed by atoms with Gasteiger partial charge in [-0.15, -0.1) is 10.2 Å². The minimum absolute atomic E-state index is 0.128. The second kappa shape index (κ2) is 8.06.